The lowest BCUT2D eigenvalue weighted by Gasteiger charge is -2.17. The maximum absolute atomic E-state index is 3.56. The van der Waals surface area contributed by atoms with Gasteiger partial charge in [0, 0.05) is 6.54 Å². The maximum atomic E-state index is 3.56. The Morgan fingerprint density at radius 1 is 1.00 bits per heavy atom. The molecule has 0 aliphatic heterocycles. The van der Waals surface area contributed by atoms with E-state index in [9.17, 15) is 0 Å². The lowest BCUT2D eigenvalue weighted by molar-refractivity contribution is 0.509. The van der Waals surface area contributed by atoms with E-state index in [2.05, 4.69) is 57.3 Å². The molecule has 96 valence electrons. The van der Waals surface area contributed by atoms with Crippen LogP contribution in [0.1, 0.15) is 51.2 Å². The van der Waals surface area contributed by atoms with Crippen LogP contribution in [0.4, 0.5) is 0 Å². The monoisotopic (exact) mass is 233 g/mol. The van der Waals surface area contributed by atoms with Gasteiger partial charge in [-0.05, 0) is 42.3 Å². The Hall–Kier alpha value is -0.820. The van der Waals surface area contributed by atoms with E-state index in [4.69, 9.17) is 0 Å². The van der Waals surface area contributed by atoms with E-state index in [0.29, 0.717) is 5.92 Å². The van der Waals surface area contributed by atoms with Crippen molar-refractivity contribution >= 4 is 0 Å². The van der Waals surface area contributed by atoms with Crippen molar-refractivity contribution in [3.63, 3.8) is 0 Å². The molecular formula is C16H27N. The van der Waals surface area contributed by atoms with E-state index in [1.54, 1.807) is 0 Å². The molecule has 17 heavy (non-hydrogen) atoms. The molecule has 0 saturated carbocycles. The third-order valence-corrected chi connectivity index (χ3v) is 3.30. The Labute approximate surface area is 107 Å². The second kappa shape index (κ2) is 7.50. The minimum absolute atomic E-state index is 0.652. The molecule has 0 fully saturated rings. The van der Waals surface area contributed by atoms with Crippen LogP contribution in [0.5, 0.6) is 0 Å². The van der Waals surface area contributed by atoms with Crippen molar-refractivity contribution in [2.24, 2.45) is 5.92 Å². The van der Waals surface area contributed by atoms with Crippen LogP contribution < -0.4 is 5.32 Å². The molecule has 1 N–H and O–H groups in total. The van der Waals surface area contributed by atoms with Gasteiger partial charge >= 0.3 is 0 Å². The summed E-state index contributed by atoms with van der Waals surface area (Å²) in [5, 5.41) is 3.56. The highest BCUT2D eigenvalue weighted by atomic mass is 14.9. The van der Waals surface area contributed by atoms with Crippen LogP contribution in [0.2, 0.25) is 0 Å². The normalized spacial score (nSPS) is 13.0. The van der Waals surface area contributed by atoms with Gasteiger partial charge in [-0.2, -0.15) is 0 Å². The summed E-state index contributed by atoms with van der Waals surface area (Å²) in [5.41, 5.74) is 2.90. The lowest BCUT2D eigenvalue weighted by atomic mass is 9.95. The van der Waals surface area contributed by atoms with Gasteiger partial charge in [-0.3, -0.25) is 0 Å². The van der Waals surface area contributed by atoms with Gasteiger partial charge in [0.25, 0.3) is 0 Å². The molecule has 0 saturated heterocycles. The highest BCUT2D eigenvalue weighted by molar-refractivity contribution is 5.25. The Morgan fingerprint density at radius 2 is 1.65 bits per heavy atom. The van der Waals surface area contributed by atoms with Gasteiger partial charge in [0.15, 0.2) is 0 Å². The summed E-state index contributed by atoms with van der Waals surface area (Å²) in [7, 11) is 0. The first kappa shape index (κ1) is 14.2. The molecule has 1 atom stereocenters. The van der Waals surface area contributed by atoms with E-state index in [0.717, 1.165) is 25.4 Å². The summed E-state index contributed by atoms with van der Waals surface area (Å²) in [6.45, 7) is 11.2. The lowest BCUT2D eigenvalue weighted by Crippen LogP contribution is -2.25. The second-order valence-corrected chi connectivity index (χ2v) is 5.25. The number of benzene rings is 1. The number of hydrogen-bond acceptors (Lipinski definition) is 1. The summed E-state index contributed by atoms with van der Waals surface area (Å²) in [5.74, 6) is 1.38. The molecule has 0 aromatic heterocycles. The minimum Gasteiger partial charge on any atom is -0.316 e. The van der Waals surface area contributed by atoms with E-state index in [1.807, 2.05) is 0 Å². The topological polar surface area (TPSA) is 12.0 Å². The van der Waals surface area contributed by atoms with Crippen molar-refractivity contribution in [2.75, 3.05) is 13.1 Å². The first-order chi connectivity index (χ1) is 8.17. The Balaban J connectivity index is 2.53. The zero-order valence-electron chi connectivity index (χ0n) is 11.8. The van der Waals surface area contributed by atoms with Crippen LogP contribution >= 0.6 is 0 Å². The summed E-state index contributed by atoms with van der Waals surface area (Å²) >= 11 is 0. The van der Waals surface area contributed by atoms with Crippen LogP contribution in [0.3, 0.4) is 0 Å². The Morgan fingerprint density at radius 3 is 2.12 bits per heavy atom. The molecule has 1 aromatic carbocycles. The molecule has 1 heteroatoms. The van der Waals surface area contributed by atoms with Crippen molar-refractivity contribution in [1.29, 1.82) is 0 Å². The molecule has 1 nitrogen and oxygen atoms in total. The smallest absolute Gasteiger partial charge is 0.00201 e. The predicted octanol–water partition coefficient (Wildman–Crippen LogP) is 3.99. The second-order valence-electron chi connectivity index (χ2n) is 5.25. The Bertz CT molecular complexity index is 300. The molecule has 0 bridgehead atoms. The van der Waals surface area contributed by atoms with Gasteiger partial charge in [0.2, 0.25) is 0 Å². The van der Waals surface area contributed by atoms with Gasteiger partial charge in [0.05, 0.1) is 0 Å². The van der Waals surface area contributed by atoms with Gasteiger partial charge in [-0.15, -0.1) is 0 Å². The van der Waals surface area contributed by atoms with Gasteiger partial charge in [-0.25, -0.2) is 0 Å². The molecule has 0 heterocycles. The summed E-state index contributed by atoms with van der Waals surface area (Å²) in [4.78, 5) is 0. The van der Waals surface area contributed by atoms with Crippen LogP contribution in [-0.4, -0.2) is 13.1 Å². The van der Waals surface area contributed by atoms with Crippen molar-refractivity contribution in [2.45, 2.75) is 46.5 Å². The molecule has 0 amide bonds. The quantitative estimate of drug-likeness (QED) is 0.751. The molecule has 1 unspecified atom stereocenters. The molecule has 0 aliphatic rings. The maximum Gasteiger partial charge on any atom is 0.00201 e. The average Bonchev–Trinajstić information content (AvgIpc) is 2.34. The van der Waals surface area contributed by atoms with Crippen LogP contribution in [0, 0.1) is 5.92 Å². The van der Waals surface area contributed by atoms with Gasteiger partial charge in [0.1, 0.15) is 0 Å². The van der Waals surface area contributed by atoms with E-state index >= 15 is 0 Å². The standard InChI is InChI=1S/C16H27N/c1-5-14-7-9-16(10-8-14)15(6-2)12-17-11-13(3)4/h7-10,13,15,17H,5-6,11-12H2,1-4H3. The van der Waals surface area contributed by atoms with Gasteiger partial charge < -0.3 is 5.32 Å². The van der Waals surface area contributed by atoms with Crippen LogP contribution in [0.15, 0.2) is 24.3 Å². The summed E-state index contributed by atoms with van der Waals surface area (Å²) in [6.07, 6.45) is 2.33. The fraction of sp³-hybridized carbons (Fsp3) is 0.625. The molecule has 1 aromatic rings. The fourth-order valence-corrected chi connectivity index (χ4v) is 2.07. The highest BCUT2D eigenvalue weighted by Gasteiger charge is 2.08. The zero-order chi connectivity index (χ0) is 12.7. The number of hydrogen-bond donors (Lipinski definition) is 1. The van der Waals surface area contributed by atoms with Crippen LogP contribution in [-0.2, 0) is 6.42 Å². The first-order valence-electron chi connectivity index (χ1n) is 6.96. The van der Waals surface area contributed by atoms with Crippen LogP contribution in [0.25, 0.3) is 0 Å². The molecular weight excluding hydrogens is 206 g/mol. The van der Waals surface area contributed by atoms with Crippen molar-refractivity contribution in [3.8, 4) is 0 Å². The zero-order valence-corrected chi connectivity index (χ0v) is 11.8. The predicted molar refractivity (Wildman–Crippen MR) is 76.6 cm³/mol. The van der Waals surface area contributed by atoms with Crippen molar-refractivity contribution in [3.05, 3.63) is 35.4 Å². The molecule has 1 rings (SSSR count). The number of nitrogens with one attached hydrogen (secondary N) is 1. The molecule has 0 radical (unpaired) electrons. The minimum atomic E-state index is 0.652. The van der Waals surface area contributed by atoms with E-state index in [1.165, 1.54) is 17.5 Å². The van der Waals surface area contributed by atoms with Crippen molar-refractivity contribution in [1.82, 2.24) is 5.32 Å². The SMILES string of the molecule is CCc1ccc(C(CC)CNCC(C)C)cc1. The largest absolute Gasteiger partial charge is 0.316 e. The molecule has 0 aliphatic carbocycles. The summed E-state index contributed by atoms with van der Waals surface area (Å²) < 4.78 is 0. The van der Waals surface area contributed by atoms with Gasteiger partial charge in [-0.1, -0.05) is 52.0 Å². The van der Waals surface area contributed by atoms with E-state index < -0.39 is 0 Å². The number of aryl methyl sites for hydroxylation is 1. The molecule has 0 spiro atoms. The number of rotatable bonds is 7. The fourth-order valence-electron chi connectivity index (χ4n) is 2.07. The first-order valence-corrected chi connectivity index (χ1v) is 6.96. The Kier molecular flexibility index (Phi) is 6.28. The average molecular weight is 233 g/mol. The summed E-state index contributed by atoms with van der Waals surface area (Å²) in [6, 6.07) is 9.12. The third kappa shape index (κ3) is 4.91. The third-order valence-electron chi connectivity index (χ3n) is 3.30. The highest BCUT2D eigenvalue weighted by Crippen LogP contribution is 2.19. The van der Waals surface area contributed by atoms with Crippen molar-refractivity contribution < 1.29 is 0 Å². The van der Waals surface area contributed by atoms with E-state index in [-0.39, 0.29) is 0 Å².